The molecular formula is C9H4ClN3. The molecule has 2 aromatic heterocycles. The van der Waals surface area contributed by atoms with E-state index >= 15 is 0 Å². The van der Waals surface area contributed by atoms with Gasteiger partial charge >= 0.3 is 0 Å². The van der Waals surface area contributed by atoms with E-state index in [1.807, 2.05) is 6.07 Å². The molecular weight excluding hydrogens is 186 g/mol. The highest BCUT2D eigenvalue weighted by Gasteiger charge is 2.05. The Bertz CT molecular complexity index is 502. The Morgan fingerprint density at radius 3 is 3.00 bits per heavy atom. The molecule has 13 heavy (non-hydrogen) atoms. The fraction of sp³-hybridized carbons (Fsp3) is 0. The van der Waals surface area contributed by atoms with Gasteiger partial charge in [-0.2, -0.15) is 5.26 Å². The fourth-order valence-electron chi connectivity index (χ4n) is 1.08. The van der Waals surface area contributed by atoms with Crippen LogP contribution < -0.4 is 0 Å². The molecule has 0 fully saturated rings. The smallest absolute Gasteiger partial charge is 0.160 e. The average molecular weight is 190 g/mol. The third-order valence-corrected chi connectivity index (χ3v) is 2.10. The molecule has 0 aromatic carbocycles. The number of aromatic nitrogens is 2. The zero-order valence-corrected chi connectivity index (χ0v) is 7.28. The van der Waals surface area contributed by atoms with Crippen LogP contribution in [0.3, 0.4) is 0 Å². The van der Waals surface area contributed by atoms with E-state index in [0.29, 0.717) is 21.6 Å². The summed E-state index contributed by atoms with van der Waals surface area (Å²) in [5.74, 6) is 0. The van der Waals surface area contributed by atoms with Crippen LogP contribution in [0, 0.1) is 11.3 Å². The second kappa shape index (κ2) is 3.00. The van der Waals surface area contributed by atoms with Crippen LogP contribution in [0.4, 0.5) is 0 Å². The van der Waals surface area contributed by atoms with E-state index < -0.39 is 0 Å². The third-order valence-electron chi connectivity index (χ3n) is 1.70. The number of nitrogens with zero attached hydrogens (tertiary/aromatic N) is 3. The lowest BCUT2D eigenvalue weighted by atomic mass is 10.2. The maximum Gasteiger partial charge on any atom is 0.160 e. The molecule has 0 unspecified atom stereocenters. The predicted octanol–water partition coefficient (Wildman–Crippen LogP) is 2.15. The van der Waals surface area contributed by atoms with Gasteiger partial charge in [0.2, 0.25) is 0 Å². The average Bonchev–Trinajstić information content (AvgIpc) is 2.19. The first kappa shape index (κ1) is 7.96. The second-order valence-corrected chi connectivity index (χ2v) is 2.85. The summed E-state index contributed by atoms with van der Waals surface area (Å²) < 4.78 is 0. The highest BCUT2D eigenvalue weighted by Crippen LogP contribution is 2.23. The van der Waals surface area contributed by atoms with Crippen molar-refractivity contribution in [3.05, 3.63) is 35.1 Å². The second-order valence-electron chi connectivity index (χ2n) is 2.47. The topological polar surface area (TPSA) is 49.6 Å². The molecule has 2 rings (SSSR count). The van der Waals surface area contributed by atoms with E-state index in [1.54, 1.807) is 18.3 Å². The standard InChI is InChI=1S/C9H4ClN3/c10-8-6(4-11)5-13-9-7(8)2-1-3-12-9/h1-3,5H. The number of pyridine rings is 2. The van der Waals surface area contributed by atoms with E-state index in [-0.39, 0.29) is 0 Å². The summed E-state index contributed by atoms with van der Waals surface area (Å²) in [7, 11) is 0. The summed E-state index contributed by atoms with van der Waals surface area (Å²) in [4.78, 5) is 8.01. The molecule has 62 valence electrons. The highest BCUT2D eigenvalue weighted by atomic mass is 35.5. The molecule has 0 aliphatic carbocycles. The lowest BCUT2D eigenvalue weighted by Crippen LogP contribution is -1.86. The van der Waals surface area contributed by atoms with Crippen molar-refractivity contribution in [2.45, 2.75) is 0 Å². The number of rotatable bonds is 0. The van der Waals surface area contributed by atoms with Crippen LogP contribution in [0.2, 0.25) is 5.02 Å². The van der Waals surface area contributed by atoms with Gasteiger partial charge < -0.3 is 0 Å². The summed E-state index contributed by atoms with van der Waals surface area (Å²) >= 11 is 5.94. The molecule has 0 radical (unpaired) electrons. The van der Waals surface area contributed by atoms with Crippen molar-refractivity contribution < 1.29 is 0 Å². The first-order valence-electron chi connectivity index (χ1n) is 3.62. The Morgan fingerprint density at radius 2 is 2.23 bits per heavy atom. The first-order chi connectivity index (χ1) is 6.33. The molecule has 4 heteroatoms. The molecule has 0 spiro atoms. The molecule has 2 aromatic rings. The van der Waals surface area contributed by atoms with Crippen molar-refractivity contribution in [1.82, 2.24) is 9.97 Å². The molecule has 0 amide bonds. The van der Waals surface area contributed by atoms with Crippen LogP contribution in [0.15, 0.2) is 24.5 Å². The normalized spacial score (nSPS) is 9.85. The summed E-state index contributed by atoms with van der Waals surface area (Å²) in [5.41, 5.74) is 0.939. The van der Waals surface area contributed by atoms with Crippen molar-refractivity contribution in [2.75, 3.05) is 0 Å². The van der Waals surface area contributed by atoms with Gasteiger partial charge in [0.05, 0.1) is 10.6 Å². The fourth-order valence-corrected chi connectivity index (χ4v) is 1.32. The molecule has 0 N–H and O–H groups in total. The van der Waals surface area contributed by atoms with Gasteiger partial charge in [0.15, 0.2) is 5.65 Å². The molecule has 2 heterocycles. The van der Waals surface area contributed by atoms with Gasteiger partial charge in [0, 0.05) is 17.8 Å². The van der Waals surface area contributed by atoms with Gasteiger partial charge in [-0.05, 0) is 12.1 Å². The minimum absolute atomic E-state index is 0.377. The van der Waals surface area contributed by atoms with E-state index in [1.165, 1.54) is 6.20 Å². The van der Waals surface area contributed by atoms with Crippen LogP contribution >= 0.6 is 11.6 Å². The summed E-state index contributed by atoms with van der Waals surface area (Å²) in [5, 5.41) is 9.81. The Morgan fingerprint density at radius 1 is 1.38 bits per heavy atom. The van der Waals surface area contributed by atoms with Crippen molar-refractivity contribution >= 4 is 22.6 Å². The van der Waals surface area contributed by atoms with Crippen molar-refractivity contribution in [2.24, 2.45) is 0 Å². The first-order valence-corrected chi connectivity index (χ1v) is 4.00. The van der Waals surface area contributed by atoms with E-state index in [9.17, 15) is 0 Å². The van der Waals surface area contributed by atoms with Crippen LogP contribution in [-0.2, 0) is 0 Å². The van der Waals surface area contributed by atoms with Gasteiger partial charge in [-0.1, -0.05) is 11.6 Å². The third kappa shape index (κ3) is 1.21. The molecule has 3 nitrogen and oxygen atoms in total. The van der Waals surface area contributed by atoms with Gasteiger partial charge in [-0.25, -0.2) is 9.97 Å². The van der Waals surface area contributed by atoms with E-state index in [2.05, 4.69) is 9.97 Å². The van der Waals surface area contributed by atoms with Gasteiger partial charge in [0.1, 0.15) is 6.07 Å². The summed E-state index contributed by atoms with van der Waals surface area (Å²) in [6.07, 6.45) is 3.06. The molecule has 0 saturated heterocycles. The summed E-state index contributed by atoms with van der Waals surface area (Å²) in [6, 6.07) is 5.52. The number of hydrogen-bond donors (Lipinski definition) is 0. The van der Waals surface area contributed by atoms with Crippen LogP contribution in [-0.4, -0.2) is 9.97 Å². The largest absolute Gasteiger partial charge is 0.237 e. The number of hydrogen-bond acceptors (Lipinski definition) is 3. The van der Waals surface area contributed by atoms with Gasteiger partial charge in [-0.15, -0.1) is 0 Å². The summed E-state index contributed by atoms with van der Waals surface area (Å²) in [6.45, 7) is 0. The number of nitriles is 1. The Hall–Kier alpha value is -1.66. The van der Waals surface area contributed by atoms with Crippen molar-refractivity contribution in [3.8, 4) is 6.07 Å². The maximum atomic E-state index is 8.68. The van der Waals surface area contributed by atoms with E-state index in [0.717, 1.165) is 0 Å². The lowest BCUT2D eigenvalue weighted by molar-refractivity contribution is 1.27. The highest BCUT2D eigenvalue weighted by molar-refractivity contribution is 6.36. The number of fused-ring (bicyclic) bond motifs is 1. The molecule has 0 aliphatic rings. The van der Waals surface area contributed by atoms with Gasteiger partial charge in [-0.3, -0.25) is 0 Å². The van der Waals surface area contributed by atoms with Crippen molar-refractivity contribution in [1.29, 1.82) is 5.26 Å². The Labute approximate surface area is 79.6 Å². The minimum Gasteiger partial charge on any atom is -0.237 e. The minimum atomic E-state index is 0.377. The van der Waals surface area contributed by atoms with Crippen LogP contribution in [0.25, 0.3) is 11.0 Å². The SMILES string of the molecule is N#Cc1cnc2ncccc2c1Cl. The molecule has 0 bridgehead atoms. The molecule has 0 saturated carbocycles. The maximum absolute atomic E-state index is 8.68. The molecule has 0 aliphatic heterocycles. The zero-order valence-electron chi connectivity index (χ0n) is 6.53. The van der Waals surface area contributed by atoms with E-state index in [4.69, 9.17) is 16.9 Å². The lowest BCUT2D eigenvalue weighted by Gasteiger charge is -1.98. The Balaban J connectivity index is 2.89. The van der Waals surface area contributed by atoms with Crippen LogP contribution in [0.5, 0.6) is 0 Å². The Kier molecular flexibility index (Phi) is 1.84. The van der Waals surface area contributed by atoms with Crippen LogP contribution in [0.1, 0.15) is 5.56 Å². The van der Waals surface area contributed by atoms with Gasteiger partial charge in [0.25, 0.3) is 0 Å². The molecule has 0 atom stereocenters. The quantitative estimate of drug-likeness (QED) is 0.638. The monoisotopic (exact) mass is 189 g/mol. The van der Waals surface area contributed by atoms with Crippen molar-refractivity contribution in [3.63, 3.8) is 0 Å². The predicted molar refractivity (Wildman–Crippen MR) is 49.3 cm³/mol. The zero-order chi connectivity index (χ0) is 9.26. The number of halogens is 1.